The van der Waals surface area contributed by atoms with Crippen molar-refractivity contribution in [2.45, 2.75) is 32.6 Å². The second-order valence-corrected chi connectivity index (χ2v) is 8.61. The molecule has 0 spiro atoms. The number of nitrogens with one attached hydrogen (secondary N) is 1. The standard InChI is InChI=1S/C15H21NO3S/c1-15(2,3)12-6-4-5-7-13(12)16-14(17)11-8-9-20(18,19)10-11/h4-7,11H,8-10H2,1-3H3,(H,16,17). The van der Waals surface area contributed by atoms with Crippen molar-refractivity contribution in [2.24, 2.45) is 5.92 Å². The third-order valence-electron chi connectivity index (χ3n) is 3.60. The molecule has 1 amide bonds. The number of amides is 1. The maximum atomic E-state index is 12.2. The fourth-order valence-electron chi connectivity index (χ4n) is 2.48. The Bertz CT molecular complexity index is 614. The van der Waals surface area contributed by atoms with Crippen molar-refractivity contribution >= 4 is 21.4 Å². The van der Waals surface area contributed by atoms with Crippen LogP contribution in [-0.2, 0) is 20.0 Å². The number of para-hydroxylation sites is 1. The highest BCUT2D eigenvalue weighted by Crippen LogP contribution is 2.30. The van der Waals surface area contributed by atoms with E-state index in [0.717, 1.165) is 11.3 Å². The van der Waals surface area contributed by atoms with Crippen molar-refractivity contribution in [3.8, 4) is 0 Å². The second kappa shape index (κ2) is 5.20. The summed E-state index contributed by atoms with van der Waals surface area (Å²) in [7, 11) is -3.03. The molecule has 5 heteroatoms. The lowest BCUT2D eigenvalue weighted by Gasteiger charge is -2.23. The van der Waals surface area contributed by atoms with E-state index in [2.05, 4.69) is 26.1 Å². The van der Waals surface area contributed by atoms with Crippen LogP contribution >= 0.6 is 0 Å². The van der Waals surface area contributed by atoms with Gasteiger partial charge in [-0.2, -0.15) is 0 Å². The number of rotatable bonds is 2. The number of carbonyl (C=O) groups is 1. The van der Waals surface area contributed by atoms with Crippen LogP contribution in [0.4, 0.5) is 5.69 Å². The molecule has 4 nitrogen and oxygen atoms in total. The van der Waals surface area contributed by atoms with Gasteiger partial charge < -0.3 is 5.32 Å². The third-order valence-corrected chi connectivity index (χ3v) is 5.36. The van der Waals surface area contributed by atoms with Crippen LogP contribution in [0.1, 0.15) is 32.8 Å². The lowest BCUT2D eigenvalue weighted by atomic mass is 9.85. The molecule has 1 aliphatic heterocycles. The maximum absolute atomic E-state index is 12.2. The van der Waals surface area contributed by atoms with Crippen LogP contribution in [0.25, 0.3) is 0 Å². The highest BCUT2D eigenvalue weighted by molar-refractivity contribution is 7.91. The fourth-order valence-corrected chi connectivity index (χ4v) is 4.22. The summed E-state index contributed by atoms with van der Waals surface area (Å²) in [5.74, 6) is -0.529. The van der Waals surface area contributed by atoms with Gasteiger partial charge in [-0.3, -0.25) is 4.79 Å². The van der Waals surface area contributed by atoms with Gasteiger partial charge in [0.15, 0.2) is 9.84 Å². The summed E-state index contributed by atoms with van der Waals surface area (Å²) >= 11 is 0. The topological polar surface area (TPSA) is 63.2 Å². The predicted molar refractivity (Wildman–Crippen MR) is 80.5 cm³/mol. The van der Waals surface area contributed by atoms with Crippen molar-refractivity contribution in [1.82, 2.24) is 0 Å². The van der Waals surface area contributed by atoms with E-state index >= 15 is 0 Å². The molecule has 1 aliphatic rings. The first-order valence-corrected chi connectivity index (χ1v) is 8.62. The molecule has 1 saturated heterocycles. The SMILES string of the molecule is CC(C)(C)c1ccccc1NC(=O)C1CCS(=O)(=O)C1. The van der Waals surface area contributed by atoms with Gasteiger partial charge in [-0.05, 0) is 23.5 Å². The Morgan fingerprint density at radius 1 is 1.25 bits per heavy atom. The van der Waals surface area contributed by atoms with Crippen LogP contribution in [0, 0.1) is 5.92 Å². The second-order valence-electron chi connectivity index (χ2n) is 6.38. The summed E-state index contributed by atoms with van der Waals surface area (Å²) in [5, 5.41) is 2.89. The van der Waals surface area contributed by atoms with E-state index < -0.39 is 15.8 Å². The van der Waals surface area contributed by atoms with E-state index in [0.29, 0.717) is 6.42 Å². The largest absolute Gasteiger partial charge is 0.326 e. The molecule has 0 radical (unpaired) electrons. The van der Waals surface area contributed by atoms with Gasteiger partial charge in [0.25, 0.3) is 0 Å². The minimum atomic E-state index is -3.03. The van der Waals surface area contributed by atoms with Gasteiger partial charge in [-0.1, -0.05) is 39.0 Å². The molecule has 110 valence electrons. The molecule has 0 aliphatic carbocycles. The summed E-state index contributed by atoms with van der Waals surface area (Å²) in [6.45, 7) is 6.24. The number of benzene rings is 1. The molecule has 1 aromatic carbocycles. The van der Waals surface area contributed by atoms with Crippen LogP contribution < -0.4 is 5.32 Å². The third kappa shape index (κ3) is 3.39. The van der Waals surface area contributed by atoms with Crippen LogP contribution in [0.5, 0.6) is 0 Å². The van der Waals surface area contributed by atoms with E-state index in [4.69, 9.17) is 0 Å². The molecule has 0 saturated carbocycles. The Morgan fingerprint density at radius 3 is 2.45 bits per heavy atom. The molecule has 1 atom stereocenters. The normalized spacial score (nSPS) is 21.6. The molecule has 1 aromatic rings. The summed E-state index contributed by atoms with van der Waals surface area (Å²) in [4.78, 5) is 12.2. The van der Waals surface area contributed by atoms with Gasteiger partial charge in [-0.15, -0.1) is 0 Å². The minimum absolute atomic E-state index is 0.0312. The van der Waals surface area contributed by atoms with Gasteiger partial charge in [0, 0.05) is 5.69 Å². The number of hydrogen-bond donors (Lipinski definition) is 1. The Labute approximate surface area is 120 Å². The molecule has 1 fully saturated rings. The zero-order valence-electron chi connectivity index (χ0n) is 12.1. The quantitative estimate of drug-likeness (QED) is 0.911. The lowest BCUT2D eigenvalue weighted by Crippen LogP contribution is -2.25. The predicted octanol–water partition coefficient (Wildman–Crippen LogP) is 2.36. The molecule has 0 bridgehead atoms. The number of sulfone groups is 1. The Kier molecular flexibility index (Phi) is 3.91. The van der Waals surface area contributed by atoms with E-state index in [1.807, 2.05) is 24.3 Å². The molecule has 1 heterocycles. The monoisotopic (exact) mass is 295 g/mol. The van der Waals surface area contributed by atoms with Crippen LogP contribution in [0.3, 0.4) is 0 Å². The molecule has 1 unspecified atom stereocenters. The summed E-state index contributed by atoms with van der Waals surface area (Å²) in [6, 6.07) is 7.66. The summed E-state index contributed by atoms with van der Waals surface area (Å²) < 4.78 is 22.9. The average molecular weight is 295 g/mol. The van der Waals surface area contributed by atoms with Crippen LogP contribution in [-0.4, -0.2) is 25.8 Å². The highest BCUT2D eigenvalue weighted by atomic mass is 32.2. The van der Waals surface area contributed by atoms with E-state index in [1.54, 1.807) is 0 Å². The Morgan fingerprint density at radius 2 is 1.90 bits per heavy atom. The molecular formula is C15H21NO3S. The van der Waals surface area contributed by atoms with Crippen LogP contribution in [0.2, 0.25) is 0 Å². The maximum Gasteiger partial charge on any atom is 0.228 e. The average Bonchev–Trinajstić information content (AvgIpc) is 2.69. The van der Waals surface area contributed by atoms with Crippen molar-refractivity contribution in [1.29, 1.82) is 0 Å². The lowest BCUT2D eigenvalue weighted by molar-refractivity contribution is -0.119. The first kappa shape index (κ1) is 15.0. The first-order chi connectivity index (χ1) is 9.19. The van der Waals surface area contributed by atoms with Gasteiger partial charge in [0.2, 0.25) is 5.91 Å². The fraction of sp³-hybridized carbons (Fsp3) is 0.533. The van der Waals surface area contributed by atoms with Crippen molar-refractivity contribution in [3.63, 3.8) is 0 Å². The number of carbonyl (C=O) groups excluding carboxylic acids is 1. The molecular weight excluding hydrogens is 274 g/mol. The molecule has 1 N–H and O–H groups in total. The summed E-state index contributed by atoms with van der Waals surface area (Å²) in [6.07, 6.45) is 0.422. The van der Waals surface area contributed by atoms with Gasteiger partial charge >= 0.3 is 0 Å². The van der Waals surface area contributed by atoms with Crippen molar-refractivity contribution < 1.29 is 13.2 Å². The minimum Gasteiger partial charge on any atom is -0.326 e. The molecule has 2 rings (SSSR count). The van der Waals surface area contributed by atoms with E-state index in [1.165, 1.54) is 0 Å². The van der Waals surface area contributed by atoms with Gasteiger partial charge in [-0.25, -0.2) is 8.42 Å². The van der Waals surface area contributed by atoms with Gasteiger partial charge in [0.05, 0.1) is 17.4 Å². The Balaban J connectivity index is 2.17. The number of anilines is 1. The first-order valence-electron chi connectivity index (χ1n) is 6.80. The molecule has 0 aromatic heterocycles. The summed E-state index contributed by atoms with van der Waals surface area (Å²) in [5.41, 5.74) is 1.74. The van der Waals surface area contributed by atoms with Crippen molar-refractivity contribution in [3.05, 3.63) is 29.8 Å². The zero-order chi connectivity index (χ0) is 15.0. The zero-order valence-corrected chi connectivity index (χ0v) is 13.0. The highest BCUT2D eigenvalue weighted by Gasteiger charge is 2.33. The molecule has 20 heavy (non-hydrogen) atoms. The van der Waals surface area contributed by atoms with E-state index in [9.17, 15) is 13.2 Å². The Hall–Kier alpha value is -1.36. The van der Waals surface area contributed by atoms with E-state index in [-0.39, 0.29) is 22.8 Å². The van der Waals surface area contributed by atoms with Gasteiger partial charge in [0.1, 0.15) is 0 Å². The number of hydrogen-bond acceptors (Lipinski definition) is 3. The van der Waals surface area contributed by atoms with Crippen molar-refractivity contribution in [2.75, 3.05) is 16.8 Å². The smallest absolute Gasteiger partial charge is 0.228 e. The van der Waals surface area contributed by atoms with Crippen LogP contribution in [0.15, 0.2) is 24.3 Å².